The van der Waals surface area contributed by atoms with E-state index in [1.165, 1.54) is 26.0 Å². The number of rotatable bonds is 4. The number of carbonyl (C=O) groups excluding carboxylic acids is 1. The molecule has 0 amide bonds. The van der Waals surface area contributed by atoms with Gasteiger partial charge in [-0.15, -0.1) is 0 Å². The van der Waals surface area contributed by atoms with Gasteiger partial charge in [-0.2, -0.15) is 0 Å². The van der Waals surface area contributed by atoms with E-state index in [2.05, 4.69) is 0 Å². The molecule has 0 saturated carbocycles. The molecule has 6 heteroatoms. The van der Waals surface area contributed by atoms with Gasteiger partial charge in [0.1, 0.15) is 5.82 Å². The van der Waals surface area contributed by atoms with Crippen LogP contribution in [0, 0.1) is 22.9 Å². The number of nitro benzene ring substituents is 1. The Bertz CT molecular complexity index is 514. The summed E-state index contributed by atoms with van der Waals surface area (Å²) in [6.07, 6.45) is 3.04. The second kappa shape index (κ2) is 6.30. The van der Waals surface area contributed by atoms with E-state index >= 15 is 0 Å². The molecule has 18 heavy (non-hydrogen) atoms. The Labute approximate surface area is 108 Å². The highest BCUT2D eigenvalue weighted by molar-refractivity contribution is 8.13. The molecule has 0 aromatic heterocycles. The summed E-state index contributed by atoms with van der Waals surface area (Å²) < 4.78 is 13.5. The van der Waals surface area contributed by atoms with Crippen molar-refractivity contribution in [2.24, 2.45) is 0 Å². The molecule has 0 saturated heterocycles. The van der Waals surface area contributed by atoms with Crippen LogP contribution in [-0.4, -0.2) is 15.8 Å². The summed E-state index contributed by atoms with van der Waals surface area (Å²) in [4.78, 5) is 20.8. The van der Waals surface area contributed by atoms with Gasteiger partial charge in [0.25, 0.3) is 5.69 Å². The summed E-state index contributed by atoms with van der Waals surface area (Å²) >= 11 is 1.09. The predicted molar refractivity (Wildman–Crippen MR) is 70.0 cm³/mol. The number of hydrogen-bond donors (Lipinski definition) is 0. The normalized spacial score (nSPS) is 10.8. The Morgan fingerprint density at radius 2 is 2.22 bits per heavy atom. The van der Waals surface area contributed by atoms with E-state index in [-0.39, 0.29) is 21.9 Å². The minimum Gasteiger partial charge on any atom is -0.288 e. The van der Waals surface area contributed by atoms with Crippen LogP contribution in [0.3, 0.4) is 0 Å². The summed E-state index contributed by atoms with van der Waals surface area (Å²) in [7, 11) is 0. The van der Waals surface area contributed by atoms with Gasteiger partial charge < -0.3 is 0 Å². The van der Waals surface area contributed by atoms with Crippen molar-refractivity contribution in [1.82, 2.24) is 0 Å². The third-order valence-electron chi connectivity index (χ3n) is 2.19. The van der Waals surface area contributed by atoms with Crippen molar-refractivity contribution in [3.8, 4) is 0 Å². The standard InChI is InChI=1S/C12H12FNO3S/c1-8-6-11(13)10(7-12(8)14(16)17)4-3-5-18-9(2)15/h3-4,6-7H,5H2,1-2H3. The molecule has 0 radical (unpaired) electrons. The Morgan fingerprint density at radius 1 is 1.56 bits per heavy atom. The van der Waals surface area contributed by atoms with E-state index in [1.807, 2.05) is 0 Å². The topological polar surface area (TPSA) is 60.2 Å². The minimum atomic E-state index is -0.545. The molecule has 0 bridgehead atoms. The van der Waals surface area contributed by atoms with Crippen molar-refractivity contribution in [3.63, 3.8) is 0 Å². The highest BCUT2D eigenvalue weighted by Gasteiger charge is 2.13. The van der Waals surface area contributed by atoms with E-state index in [9.17, 15) is 19.3 Å². The number of carbonyl (C=O) groups is 1. The molecule has 96 valence electrons. The summed E-state index contributed by atoms with van der Waals surface area (Å²) in [6.45, 7) is 2.93. The van der Waals surface area contributed by atoms with E-state index in [0.29, 0.717) is 5.75 Å². The van der Waals surface area contributed by atoms with Crippen LogP contribution in [0.15, 0.2) is 18.2 Å². The smallest absolute Gasteiger partial charge is 0.273 e. The summed E-state index contributed by atoms with van der Waals surface area (Å²) in [6, 6.07) is 2.33. The van der Waals surface area contributed by atoms with Gasteiger partial charge in [0.15, 0.2) is 5.12 Å². The summed E-state index contributed by atoms with van der Waals surface area (Å²) in [5.74, 6) is -0.0987. The highest BCUT2D eigenvalue weighted by Crippen LogP contribution is 2.23. The van der Waals surface area contributed by atoms with Gasteiger partial charge in [0.05, 0.1) is 4.92 Å². The maximum absolute atomic E-state index is 13.5. The molecule has 0 fully saturated rings. The second-order valence-electron chi connectivity index (χ2n) is 3.62. The highest BCUT2D eigenvalue weighted by atomic mass is 32.2. The monoisotopic (exact) mass is 269 g/mol. The van der Waals surface area contributed by atoms with Crippen molar-refractivity contribution in [1.29, 1.82) is 0 Å². The zero-order valence-electron chi connectivity index (χ0n) is 9.97. The molecule has 1 aromatic carbocycles. The van der Waals surface area contributed by atoms with Crippen LogP contribution in [0.1, 0.15) is 18.1 Å². The van der Waals surface area contributed by atoms with Crippen molar-refractivity contribution >= 4 is 28.6 Å². The number of halogens is 1. The fourth-order valence-electron chi connectivity index (χ4n) is 1.34. The third-order valence-corrected chi connectivity index (χ3v) is 2.96. The zero-order chi connectivity index (χ0) is 13.7. The SMILES string of the molecule is CC(=O)SCC=Cc1cc([N+](=O)[O-])c(C)cc1F. The van der Waals surface area contributed by atoms with Crippen LogP contribution in [0.2, 0.25) is 0 Å². The molecule has 1 rings (SSSR count). The molecule has 0 heterocycles. The van der Waals surface area contributed by atoms with E-state index in [1.54, 1.807) is 6.08 Å². The Balaban J connectivity index is 2.92. The van der Waals surface area contributed by atoms with Crippen LogP contribution in [0.5, 0.6) is 0 Å². The largest absolute Gasteiger partial charge is 0.288 e. The van der Waals surface area contributed by atoms with Crippen molar-refractivity contribution < 1.29 is 14.1 Å². The van der Waals surface area contributed by atoms with E-state index in [4.69, 9.17) is 0 Å². The van der Waals surface area contributed by atoms with Crippen molar-refractivity contribution in [2.75, 3.05) is 5.75 Å². The predicted octanol–water partition coefficient (Wildman–Crippen LogP) is 3.34. The first-order valence-corrected chi connectivity index (χ1v) is 6.15. The fraction of sp³-hybridized carbons (Fsp3) is 0.250. The molecule has 4 nitrogen and oxygen atoms in total. The van der Waals surface area contributed by atoms with E-state index < -0.39 is 10.7 Å². The van der Waals surface area contributed by atoms with Gasteiger partial charge >= 0.3 is 0 Å². The second-order valence-corrected chi connectivity index (χ2v) is 4.82. The Hall–Kier alpha value is -1.69. The van der Waals surface area contributed by atoms with Gasteiger partial charge in [0.2, 0.25) is 0 Å². The molecule has 0 unspecified atom stereocenters. The van der Waals surface area contributed by atoms with Crippen molar-refractivity contribution in [3.05, 3.63) is 45.3 Å². The maximum Gasteiger partial charge on any atom is 0.273 e. The molecule has 1 aromatic rings. The first-order chi connectivity index (χ1) is 8.41. The van der Waals surface area contributed by atoms with Gasteiger partial charge in [0, 0.05) is 29.9 Å². The third kappa shape index (κ3) is 3.96. The first kappa shape index (κ1) is 14.4. The molecule has 0 N–H and O–H groups in total. The molecule has 0 atom stereocenters. The average molecular weight is 269 g/mol. The Kier molecular flexibility index (Phi) is 5.03. The molecule has 0 aliphatic rings. The number of nitrogens with zero attached hydrogens (tertiary/aromatic N) is 1. The van der Waals surface area contributed by atoms with Gasteiger partial charge in [-0.3, -0.25) is 14.9 Å². The molecule has 0 aliphatic heterocycles. The lowest BCUT2D eigenvalue weighted by Crippen LogP contribution is -1.94. The summed E-state index contributed by atoms with van der Waals surface area (Å²) in [5, 5.41) is 10.7. The first-order valence-electron chi connectivity index (χ1n) is 5.16. The van der Waals surface area contributed by atoms with Crippen LogP contribution < -0.4 is 0 Å². The van der Waals surface area contributed by atoms with Crippen molar-refractivity contribution in [2.45, 2.75) is 13.8 Å². The molecular formula is C12H12FNO3S. The average Bonchev–Trinajstić information content (AvgIpc) is 2.25. The molecule has 0 spiro atoms. The van der Waals surface area contributed by atoms with Crippen LogP contribution in [-0.2, 0) is 4.79 Å². The molecule has 0 aliphatic carbocycles. The number of thioether (sulfide) groups is 1. The van der Waals surface area contributed by atoms with Gasteiger partial charge in [-0.25, -0.2) is 4.39 Å². The van der Waals surface area contributed by atoms with E-state index in [0.717, 1.165) is 17.8 Å². The zero-order valence-corrected chi connectivity index (χ0v) is 10.8. The van der Waals surface area contributed by atoms with Crippen LogP contribution >= 0.6 is 11.8 Å². The quantitative estimate of drug-likeness (QED) is 0.621. The minimum absolute atomic E-state index is 0.0324. The van der Waals surface area contributed by atoms with Crippen LogP contribution in [0.4, 0.5) is 10.1 Å². The Morgan fingerprint density at radius 3 is 2.78 bits per heavy atom. The van der Waals surface area contributed by atoms with Crippen LogP contribution in [0.25, 0.3) is 6.08 Å². The lowest BCUT2D eigenvalue weighted by atomic mass is 10.1. The summed E-state index contributed by atoms with van der Waals surface area (Å²) in [5.41, 5.74) is 0.319. The van der Waals surface area contributed by atoms with Gasteiger partial charge in [-0.05, 0) is 13.0 Å². The number of benzene rings is 1. The number of hydrogen-bond acceptors (Lipinski definition) is 4. The number of aryl methyl sites for hydroxylation is 1. The van der Waals surface area contributed by atoms with Gasteiger partial charge in [-0.1, -0.05) is 23.9 Å². The fourth-order valence-corrected chi connectivity index (χ4v) is 1.77. The lowest BCUT2D eigenvalue weighted by Gasteiger charge is -2.01. The molecular weight excluding hydrogens is 257 g/mol. The number of nitro groups is 1. The maximum atomic E-state index is 13.5. The lowest BCUT2D eigenvalue weighted by molar-refractivity contribution is -0.385.